The van der Waals surface area contributed by atoms with E-state index in [1.54, 1.807) is 65.7 Å². The third-order valence-corrected chi connectivity index (χ3v) is 7.35. The summed E-state index contributed by atoms with van der Waals surface area (Å²) in [7, 11) is 0. The summed E-state index contributed by atoms with van der Waals surface area (Å²) in [6.45, 7) is 2.19. The summed E-state index contributed by atoms with van der Waals surface area (Å²) in [6, 6.07) is 16.7. The van der Waals surface area contributed by atoms with E-state index in [1.165, 1.54) is 0 Å². The number of nitrogens with zero attached hydrogens (tertiary/aromatic N) is 4. The van der Waals surface area contributed by atoms with Crippen LogP contribution in [0.1, 0.15) is 51.1 Å². The van der Waals surface area contributed by atoms with Gasteiger partial charge in [-0.3, -0.25) is 9.59 Å². The van der Waals surface area contributed by atoms with E-state index in [-0.39, 0.29) is 37.7 Å². The Hall–Kier alpha value is -3.96. The predicted octanol–water partition coefficient (Wildman–Crippen LogP) is 5.17. The maximum absolute atomic E-state index is 15.6. The second-order valence-electron chi connectivity index (χ2n) is 9.31. The molecule has 1 N–H and O–H groups in total. The molecule has 1 aromatic heterocycles. The van der Waals surface area contributed by atoms with Gasteiger partial charge in [-0.25, -0.2) is 9.37 Å². The van der Waals surface area contributed by atoms with Gasteiger partial charge in [-0.2, -0.15) is 5.26 Å². The van der Waals surface area contributed by atoms with Crippen LogP contribution >= 0.6 is 11.6 Å². The SMILES string of the molecule is N#Cc1ccc(C2(F)CCN(C(=O)c3ccc(Cl)c(NC(=O)c4cccnc4N4CCC4)c3)CC2)cc1. The average molecular weight is 518 g/mol. The first kappa shape index (κ1) is 24.7. The lowest BCUT2D eigenvalue weighted by atomic mass is 9.85. The van der Waals surface area contributed by atoms with Crippen LogP contribution in [0.3, 0.4) is 0 Å². The number of nitriles is 1. The number of likely N-dealkylation sites (tertiary alicyclic amines) is 1. The number of halogens is 2. The fourth-order valence-corrected chi connectivity index (χ4v) is 4.84. The van der Waals surface area contributed by atoms with Gasteiger partial charge in [0.2, 0.25) is 0 Å². The number of amides is 2. The Morgan fingerprint density at radius 2 is 1.78 bits per heavy atom. The zero-order chi connectivity index (χ0) is 26.0. The number of nitrogens with one attached hydrogen (secondary N) is 1. The first-order chi connectivity index (χ1) is 17.9. The molecule has 3 heterocycles. The van der Waals surface area contributed by atoms with Crippen LogP contribution in [0, 0.1) is 11.3 Å². The molecule has 37 heavy (non-hydrogen) atoms. The molecule has 2 aromatic carbocycles. The summed E-state index contributed by atoms with van der Waals surface area (Å²) >= 11 is 6.35. The van der Waals surface area contributed by atoms with E-state index in [4.69, 9.17) is 16.9 Å². The van der Waals surface area contributed by atoms with Gasteiger partial charge in [0.25, 0.3) is 11.8 Å². The molecule has 2 aliphatic rings. The Morgan fingerprint density at radius 1 is 1.05 bits per heavy atom. The lowest BCUT2D eigenvalue weighted by molar-refractivity contribution is 0.0421. The Bertz CT molecular complexity index is 1380. The molecular formula is C28H25ClFN5O2. The van der Waals surface area contributed by atoms with Gasteiger partial charge in [0.1, 0.15) is 11.5 Å². The van der Waals surface area contributed by atoms with E-state index < -0.39 is 5.67 Å². The number of aromatic nitrogens is 1. The van der Waals surface area contributed by atoms with Crippen molar-refractivity contribution in [2.75, 3.05) is 36.4 Å². The minimum Gasteiger partial charge on any atom is -0.356 e. The summed E-state index contributed by atoms with van der Waals surface area (Å²) in [5, 5.41) is 12.1. The molecule has 7 nitrogen and oxygen atoms in total. The Balaban J connectivity index is 1.28. The normalized spacial score (nSPS) is 16.5. The van der Waals surface area contributed by atoms with Crippen LogP contribution in [0.5, 0.6) is 0 Å². The van der Waals surface area contributed by atoms with Crippen molar-refractivity contribution in [1.82, 2.24) is 9.88 Å². The first-order valence-electron chi connectivity index (χ1n) is 12.2. The van der Waals surface area contributed by atoms with Crippen LogP contribution in [-0.4, -0.2) is 47.9 Å². The van der Waals surface area contributed by atoms with Crippen molar-refractivity contribution in [2.45, 2.75) is 24.9 Å². The molecule has 2 saturated heterocycles. The summed E-state index contributed by atoms with van der Waals surface area (Å²) in [4.78, 5) is 34.3. The molecule has 9 heteroatoms. The monoisotopic (exact) mass is 517 g/mol. The molecule has 0 aliphatic carbocycles. The van der Waals surface area contributed by atoms with E-state index >= 15 is 4.39 Å². The van der Waals surface area contributed by atoms with Crippen molar-refractivity contribution in [3.05, 3.63) is 88.1 Å². The van der Waals surface area contributed by atoms with Crippen molar-refractivity contribution in [3.8, 4) is 6.07 Å². The first-order valence-corrected chi connectivity index (χ1v) is 12.6. The topological polar surface area (TPSA) is 89.3 Å². The number of rotatable bonds is 5. The number of anilines is 2. The van der Waals surface area contributed by atoms with E-state index in [1.807, 2.05) is 11.0 Å². The lowest BCUT2D eigenvalue weighted by Gasteiger charge is -2.37. The quantitative estimate of drug-likeness (QED) is 0.504. The molecule has 2 aliphatic heterocycles. The molecular weight excluding hydrogens is 493 g/mol. The fraction of sp³-hybridized carbons (Fsp3) is 0.286. The minimum absolute atomic E-state index is 0.155. The number of piperidine rings is 1. The van der Waals surface area contributed by atoms with E-state index in [9.17, 15) is 9.59 Å². The number of carbonyl (C=O) groups is 2. The van der Waals surface area contributed by atoms with Gasteiger partial charge in [0, 0.05) is 50.8 Å². The molecule has 3 aromatic rings. The summed E-state index contributed by atoms with van der Waals surface area (Å²) in [6.07, 6.45) is 3.02. The molecule has 0 unspecified atom stereocenters. The van der Waals surface area contributed by atoms with Gasteiger partial charge in [0.05, 0.1) is 27.9 Å². The number of carbonyl (C=O) groups excluding carboxylic acids is 2. The Labute approximate surface area is 219 Å². The van der Waals surface area contributed by atoms with E-state index in [0.717, 1.165) is 19.5 Å². The summed E-state index contributed by atoms with van der Waals surface area (Å²) in [5.74, 6) is 0.0145. The number of hydrogen-bond acceptors (Lipinski definition) is 5. The molecule has 2 amide bonds. The van der Waals surface area contributed by atoms with E-state index in [0.29, 0.717) is 38.8 Å². The zero-order valence-electron chi connectivity index (χ0n) is 20.1. The lowest BCUT2D eigenvalue weighted by Crippen LogP contribution is -2.43. The highest BCUT2D eigenvalue weighted by atomic mass is 35.5. The van der Waals surface area contributed by atoms with Gasteiger partial charge < -0.3 is 15.1 Å². The highest BCUT2D eigenvalue weighted by Gasteiger charge is 2.37. The molecule has 0 saturated carbocycles. The molecule has 2 fully saturated rings. The number of pyridine rings is 1. The summed E-state index contributed by atoms with van der Waals surface area (Å²) in [5.41, 5.74) is 0.563. The van der Waals surface area contributed by atoms with E-state index in [2.05, 4.69) is 10.3 Å². The third kappa shape index (κ3) is 5.00. The highest BCUT2D eigenvalue weighted by Crippen LogP contribution is 2.37. The Morgan fingerprint density at radius 3 is 2.43 bits per heavy atom. The van der Waals surface area contributed by atoms with Crippen molar-refractivity contribution in [3.63, 3.8) is 0 Å². The Kier molecular flexibility index (Phi) is 6.81. The zero-order valence-corrected chi connectivity index (χ0v) is 20.8. The van der Waals surface area contributed by atoms with Crippen LogP contribution in [0.4, 0.5) is 15.9 Å². The minimum atomic E-state index is -1.55. The van der Waals surface area contributed by atoms with Crippen LogP contribution in [0.15, 0.2) is 60.8 Å². The van der Waals surface area contributed by atoms with Crippen molar-refractivity contribution in [2.24, 2.45) is 0 Å². The molecule has 5 rings (SSSR count). The number of hydrogen-bond donors (Lipinski definition) is 1. The fourth-order valence-electron chi connectivity index (χ4n) is 4.68. The molecule has 0 spiro atoms. The predicted molar refractivity (Wildman–Crippen MR) is 140 cm³/mol. The van der Waals surface area contributed by atoms with Gasteiger partial charge in [-0.05, 0) is 54.4 Å². The second-order valence-corrected chi connectivity index (χ2v) is 9.72. The van der Waals surface area contributed by atoms with Gasteiger partial charge in [0.15, 0.2) is 0 Å². The number of alkyl halides is 1. The average Bonchev–Trinajstić information content (AvgIpc) is 2.89. The van der Waals surface area contributed by atoms with Crippen LogP contribution in [-0.2, 0) is 5.67 Å². The van der Waals surface area contributed by atoms with Crippen molar-refractivity contribution >= 4 is 34.9 Å². The number of benzene rings is 2. The van der Waals surface area contributed by atoms with Gasteiger partial charge in [-0.1, -0.05) is 23.7 Å². The van der Waals surface area contributed by atoms with Crippen molar-refractivity contribution < 1.29 is 14.0 Å². The summed E-state index contributed by atoms with van der Waals surface area (Å²) < 4.78 is 15.6. The van der Waals surface area contributed by atoms with Crippen LogP contribution < -0.4 is 10.2 Å². The largest absolute Gasteiger partial charge is 0.356 e. The third-order valence-electron chi connectivity index (χ3n) is 7.02. The standard InChI is InChI=1S/C28H25ClFN5O2/c29-23-9-6-20(17-24(23)33-26(36)22-3-1-12-32-25(22)34-13-2-14-34)27(37)35-15-10-28(30,11-16-35)21-7-4-19(18-31)5-8-21/h1,3-9,12,17H,2,10-11,13-16H2,(H,33,36). The molecule has 0 bridgehead atoms. The van der Waals surface area contributed by atoms with Gasteiger partial charge >= 0.3 is 0 Å². The maximum Gasteiger partial charge on any atom is 0.259 e. The molecule has 188 valence electrons. The molecule has 0 radical (unpaired) electrons. The van der Waals surface area contributed by atoms with Crippen LogP contribution in [0.25, 0.3) is 0 Å². The maximum atomic E-state index is 15.6. The second kappa shape index (κ2) is 10.2. The highest BCUT2D eigenvalue weighted by molar-refractivity contribution is 6.34. The van der Waals surface area contributed by atoms with Crippen molar-refractivity contribution in [1.29, 1.82) is 5.26 Å². The van der Waals surface area contributed by atoms with Gasteiger partial charge in [-0.15, -0.1) is 0 Å². The molecule has 0 atom stereocenters. The smallest absolute Gasteiger partial charge is 0.259 e. The van der Waals surface area contributed by atoms with Crippen LogP contribution in [0.2, 0.25) is 5.02 Å².